The molecule has 0 radical (unpaired) electrons. The molecule has 1 aromatic heterocycles. The van der Waals surface area contributed by atoms with Gasteiger partial charge in [0.05, 0.1) is 23.9 Å². The molecule has 1 saturated carbocycles. The van der Waals surface area contributed by atoms with Gasteiger partial charge in [-0.3, -0.25) is 0 Å². The molecule has 2 fully saturated rings. The molecular weight excluding hydrogens is 505 g/mol. The summed E-state index contributed by atoms with van der Waals surface area (Å²) in [5.41, 5.74) is 3.01. The minimum Gasteiger partial charge on any atom is -0.495 e. The molecule has 0 N–H and O–H groups in total. The summed E-state index contributed by atoms with van der Waals surface area (Å²) in [6.07, 6.45) is 7.23. The number of benzene rings is 2. The first-order chi connectivity index (χ1) is 19.1. The Hall–Kier alpha value is -3.07. The molecule has 212 valence electrons. The van der Waals surface area contributed by atoms with Crippen LogP contribution in [0.5, 0.6) is 5.75 Å². The highest BCUT2D eigenvalue weighted by Crippen LogP contribution is 2.37. The highest BCUT2D eigenvalue weighted by Gasteiger charge is 2.52. The van der Waals surface area contributed by atoms with E-state index in [2.05, 4.69) is 19.1 Å². The zero-order valence-electron chi connectivity index (χ0n) is 24.4. The Balaban J connectivity index is 1.12. The Bertz CT molecular complexity index is 1320. The second-order valence-electron chi connectivity index (χ2n) is 11.8. The number of hydrogen-bond donors (Lipinski definition) is 0. The van der Waals surface area contributed by atoms with Crippen LogP contribution in [0.15, 0.2) is 65.5 Å². The number of nitrogens with zero attached hydrogens (tertiary/aromatic N) is 1. The molecule has 3 aromatic rings. The van der Waals surface area contributed by atoms with Crippen molar-refractivity contribution in [2.45, 2.75) is 97.2 Å². The Kier molecular flexibility index (Phi) is 8.40. The van der Waals surface area contributed by atoms with Crippen molar-refractivity contribution in [1.82, 2.24) is 4.98 Å². The molecule has 2 heterocycles. The maximum Gasteiger partial charge on any atom is 0.498 e. The Labute approximate surface area is 238 Å². The third kappa shape index (κ3) is 6.46. The summed E-state index contributed by atoms with van der Waals surface area (Å²) in [5, 5.41) is 0. The summed E-state index contributed by atoms with van der Waals surface area (Å²) >= 11 is 0. The van der Waals surface area contributed by atoms with Crippen molar-refractivity contribution in [3.8, 4) is 17.2 Å². The molecule has 7 nitrogen and oxygen atoms in total. The van der Waals surface area contributed by atoms with Gasteiger partial charge >= 0.3 is 7.12 Å². The molecule has 0 spiro atoms. The third-order valence-electron chi connectivity index (χ3n) is 8.14. The van der Waals surface area contributed by atoms with Gasteiger partial charge in [-0.05, 0) is 79.0 Å². The number of hydrogen-bond acceptors (Lipinski definition) is 7. The van der Waals surface area contributed by atoms with Crippen LogP contribution in [0.3, 0.4) is 0 Å². The standard InChI is InChI=1S/C32H40BNO6/c1-22-11-9-12-24(19-22)30-34-28(23(2)38-30)21-37-26-14-10-13-25(20-26)35-17-18-36-29-16-8-7-15-27(29)33-39-31(3,4)32(5,6)40-33/h7-9,11-12,15-19,25-26H,10,13-14,20-21H2,1-6H3/b18-17+/t25-,26+/m1/s1. The van der Waals surface area contributed by atoms with Crippen LogP contribution in [0.4, 0.5) is 0 Å². The van der Waals surface area contributed by atoms with E-state index in [9.17, 15) is 0 Å². The van der Waals surface area contributed by atoms with Crippen molar-refractivity contribution in [1.29, 1.82) is 0 Å². The average Bonchev–Trinajstić information content (AvgIpc) is 3.40. The van der Waals surface area contributed by atoms with Gasteiger partial charge in [0.15, 0.2) is 0 Å². The van der Waals surface area contributed by atoms with E-state index in [0.717, 1.165) is 48.2 Å². The van der Waals surface area contributed by atoms with E-state index < -0.39 is 18.3 Å². The molecule has 0 amide bonds. The van der Waals surface area contributed by atoms with Gasteiger partial charge in [-0.1, -0.05) is 35.9 Å². The van der Waals surface area contributed by atoms with Gasteiger partial charge < -0.3 is 27.9 Å². The summed E-state index contributed by atoms with van der Waals surface area (Å²) < 4.78 is 36.6. The van der Waals surface area contributed by atoms with Crippen LogP contribution in [-0.2, 0) is 25.4 Å². The molecule has 8 heteroatoms. The molecule has 5 rings (SSSR count). The van der Waals surface area contributed by atoms with E-state index in [1.165, 1.54) is 5.56 Å². The summed E-state index contributed by atoms with van der Waals surface area (Å²) in [5.74, 6) is 2.11. The third-order valence-corrected chi connectivity index (χ3v) is 8.14. The lowest BCUT2D eigenvalue weighted by Crippen LogP contribution is -2.41. The van der Waals surface area contributed by atoms with E-state index in [1.54, 1.807) is 12.5 Å². The van der Waals surface area contributed by atoms with Gasteiger partial charge in [0.1, 0.15) is 35.8 Å². The van der Waals surface area contributed by atoms with Crippen LogP contribution >= 0.6 is 0 Å². The number of ether oxygens (including phenoxy) is 3. The average molecular weight is 545 g/mol. The summed E-state index contributed by atoms with van der Waals surface area (Å²) in [7, 11) is -0.493. The fourth-order valence-corrected chi connectivity index (χ4v) is 5.03. The number of aryl methyl sites for hydroxylation is 2. The molecule has 1 aliphatic carbocycles. The van der Waals surface area contributed by atoms with Crippen molar-refractivity contribution in [2.75, 3.05) is 0 Å². The summed E-state index contributed by atoms with van der Waals surface area (Å²) in [4.78, 5) is 4.70. The zero-order valence-corrected chi connectivity index (χ0v) is 24.4. The zero-order chi connectivity index (χ0) is 28.3. The smallest absolute Gasteiger partial charge is 0.495 e. The Morgan fingerprint density at radius 3 is 2.48 bits per heavy atom. The lowest BCUT2D eigenvalue weighted by atomic mass is 9.78. The monoisotopic (exact) mass is 545 g/mol. The van der Waals surface area contributed by atoms with Crippen LogP contribution < -0.4 is 10.2 Å². The van der Waals surface area contributed by atoms with Crippen molar-refractivity contribution in [2.24, 2.45) is 0 Å². The minimum atomic E-state index is -0.493. The maximum atomic E-state index is 6.25. The van der Waals surface area contributed by atoms with Crippen LogP contribution in [0.25, 0.3) is 11.5 Å². The predicted octanol–water partition coefficient (Wildman–Crippen LogP) is 6.65. The maximum absolute atomic E-state index is 6.25. The molecule has 1 aliphatic heterocycles. The number of oxazole rings is 1. The molecule has 0 unspecified atom stereocenters. The highest BCUT2D eigenvalue weighted by molar-refractivity contribution is 6.63. The lowest BCUT2D eigenvalue weighted by Gasteiger charge is -2.32. The second kappa shape index (κ2) is 11.8. The van der Waals surface area contributed by atoms with E-state index in [4.69, 9.17) is 32.9 Å². The normalized spacial score (nSPS) is 22.1. The fraction of sp³-hybridized carbons (Fsp3) is 0.469. The number of aromatic nitrogens is 1. The summed E-state index contributed by atoms with van der Waals surface area (Å²) in [6, 6.07) is 15.9. The van der Waals surface area contributed by atoms with Gasteiger partial charge in [-0.2, -0.15) is 0 Å². The summed E-state index contributed by atoms with van der Waals surface area (Å²) in [6.45, 7) is 12.6. The molecule has 2 atom stereocenters. The number of para-hydroxylation sites is 1. The first-order valence-electron chi connectivity index (χ1n) is 14.2. The predicted molar refractivity (Wildman–Crippen MR) is 155 cm³/mol. The quantitative estimate of drug-likeness (QED) is 0.220. The lowest BCUT2D eigenvalue weighted by molar-refractivity contribution is -0.0286. The van der Waals surface area contributed by atoms with E-state index in [-0.39, 0.29) is 12.2 Å². The molecular formula is C32H40BNO6. The molecule has 1 saturated heterocycles. The van der Waals surface area contributed by atoms with Gasteiger partial charge in [0.25, 0.3) is 0 Å². The highest BCUT2D eigenvalue weighted by atomic mass is 16.7. The van der Waals surface area contributed by atoms with Gasteiger partial charge in [0, 0.05) is 17.4 Å². The van der Waals surface area contributed by atoms with Gasteiger partial charge in [0.2, 0.25) is 5.89 Å². The second-order valence-corrected chi connectivity index (χ2v) is 11.8. The van der Waals surface area contributed by atoms with E-state index in [1.807, 2.05) is 71.0 Å². The van der Waals surface area contributed by atoms with Crippen LogP contribution in [-0.4, -0.2) is 35.5 Å². The van der Waals surface area contributed by atoms with Crippen LogP contribution in [0.2, 0.25) is 0 Å². The topological polar surface area (TPSA) is 72.2 Å². The molecule has 2 aliphatic rings. The van der Waals surface area contributed by atoms with Gasteiger partial charge in [-0.25, -0.2) is 4.98 Å². The van der Waals surface area contributed by atoms with Gasteiger partial charge in [-0.15, -0.1) is 0 Å². The van der Waals surface area contributed by atoms with Crippen molar-refractivity contribution < 1.29 is 27.9 Å². The number of rotatable bonds is 9. The fourth-order valence-electron chi connectivity index (χ4n) is 5.03. The van der Waals surface area contributed by atoms with Crippen molar-refractivity contribution in [3.05, 3.63) is 78.1 Å². The van der Waals surface area contributed by atoms with Crippen LogP contribution in [0, 0.1) is 13.8 Å². The minimum absolute atomic E-state index is 0.0678. The van der Waals surface area contributed by atoms with Crippen LogP contribution in [0.1, 0.15) is 70.4 Å². The Morgan fingerprint density at radius 1 is 0.950 bits per heavy atom. The van der Waals surface area contributed by atoms with Crippen molar-refractivity contribution >= 4 is 12.6 Å². The van der Waals surface area contributed by atoms with Crippen molar-refractivity contribution in [3.63, 3.8) is 0 Å². The largest absolute Gasteiger partial charge is 0.498 e. The molecule has 2 aromatic carbocycles. The SMILES string of the molecule is Cc1cccc(-c2nc(CO[C@H]3CCC[C@@H](O/C=C/Oc4ccccc4B4OC(C)(C)C(C)(C)O4)C3)c(C)o2)c1. The first kappa shape index (κ1) is 28.5. The van der Waals surface area contributed by atoms with E-state index >= 15 is 0 Å². The molecule has 0 bridgehead atoms. The first-order valence-corrected chi connectivity index (χ1v) is 14.2. The van der Waals surface area contributed by atoms with E-state index in [0.29, 0.717) is 18.2 Å². The Morgan fingerprint density at radius 2 is 1.70 bits per heavy atom. The molecule has 40 heavy (non-hydrogen) atoms.